The molecule has 5 nitrogen and oxygen atoms in total. The summed E-state index contributed by atoms with van der Waals surface area (Å²) < 4.78 is 0. The molecule has 1 aliphatic rings. The third kappa shape index (κ3) is 5.13. The van der Waals surface area contributed by atoms with Crippen LogP contribution in [-0.4, -0.2) is 35.1 Å². The quantitative estimate of drug-likeness (QED) is 0.793. The van der Waals surface area contributed by atoms with E-state index >= 15 is 0 Å². The van der Waals surface area contributed by atoms with Crippen LogP contribution < -0.4 is 5.32 Å². The number of nitrogens with one attached hydrogen (secondary N) is 1. The van der Waals surface area contributed by atoms with E-state index in [0.29, 0.717) is 23.8 Å². The number of hydrogen-bond donors (Lipinski definition) is 2. The smallest absolute Gasteiger partial charge is 0.321 e. The van der Waals surface area contributed by atoms with Crippen molar-refractivity contribution in [2.75, 3.05) is 18.4 Å². The molecule has 1 heterocycles. The molecule has 1 unspecified atom stereocenters. The largest absolute Gasteiger partial charge is 0.481 e. The van der Waals surface area contributed by atoms with Crippen molar-refractivity contribution in [1.29, 1.82) is 0 Å². The predicted octanol–water partition coefficient (Wildman–Crippen LogP) is 4.47. The average Bonchev–Trinajstić information content (AvgIpc) is 2.57. The van der Waals surface area contributed by atoms with E-state index in [9.17, 15) is 14.7 Å². The van der Waals surface area contributed by atoms with Gasteiger partial charge in [0.2, 0.25) is 0 Å². The number of urea groups is 1. The first-order valence-corrected chi connectivity index (χ1v) is 8.93. The molecule has 0 spiro atoms. The molecule has 1 aliphatic heterocycles. The van der Waals surface area contributed by atoms with Crippen LogP contribution in [0.1, 0.15) is 39.0 Å². The van der Waals surface area contributed by atoms with Crippen LogP contribution in [0.2, 0.25) is 5.02 Å². The Kier molecular flexibility index (Phi) is 6.91. The zero-order valence-electron chi connectivity index (χ0n) is 14.0. The molecule has 1 fully saturated rings. The Morgan fingerprint density at radius 2 is 1.92 bits per heavy atom. The lowest BCUT2D eigenvalue weighted by atomic mass is 9.81. The summed E-state index contributed by atoms with van der Waals surface area (Å²) in [7, 11) is 0. The zero-order valence-corrected chi connectivity index (χ0v) is 14.8. The van der Waals surface area contributed by atoms with E-state index in [4.69, 9.17) is 11.6 Å². The van der Waals surface area contributed by atoms with Crippen molar-refractivity contribution in [2.24, 2.45) is 11.8 Å². The Hall–Kier alpha value is -1.75. The number of hydrogen-bond acceptors (Lipinski definition) is 2. The lowest BCUT2D eigenvalue weighted by Gasteiger charge is -2.34. The zero-order chi connectivity index (χ0) is 17.5. The number of halogens is 1. The van der Waals surface area contributed by atoms with Crippen molar-refractivity contribution in [1.82, 2.24) is 4.90 Å². The summed E-state index contributed by atoms with van der Waals surface area (Å²) in [5.41, 5.74) is 0.706. The number of amides is 2. The van der Waals surface area contributed by atoms with E-state index in [0.717, 1.165) is 32.1 Å². The Balaban J connectivity index is 1.85. The van der Waals surface area contributed by atoms with E-state index in [1.54, 1.807) is 29.2 Å². The van der Waals surface area contributed by atoms with Gasteiger partial charge in [-0.25, -0.2) is 4.79 Å². The first kappa shape index (κ1) is 18.6. The Morgan fingerprint density at radius 3 is 2.46 bits per heavy atom. The summed E-state index contributed by atoms with van der Waals surface area (Å²) in [6.45, 7) is 3.27. The van der Waals surface area contributed by atoms with Crippen LogP contribution in [0.15, 0.2) is 24.3 Å². The minimum absolute atomic E-state index is 0.142. The van der Waals surface area contributed by atoms with Gasteiger partial charge in [0.15, 0.2) is 0 Å². The maximum absolute atomic E-state index is 12.3. The average molecular weight is 353 g/mol. The van der Waals surface area contributed by atoms with Gasteiger partial charge in [-0.1, -0.05) is 31.4 Å². The first-order valence-electron chi connectivity index (χ1n) is 8.55. The Labute approximate surface area is 148 Å². The number of carbonyl (C=O) groups is 2. The second kappa shape index (κ2) is 8.92. The molecule has 1 aromatic rings. The number of unbranched alkanes of at least 4 members (excludes halogenated alkanes) is 1. The van der Waals surface area contributed by atoms with Crippen LogP contribution in [0.25, 0.3) is 0 Å². The molecule has 0 aromatic heterocycles. The summed E-state index contributed by atoms with van der Waals surface area (Å²) >= 11 is 5.83. The van der Waals surface area contributed by atoms with Gasteiger partial charge in [0.25, 0.3) is 0 Å². The van der Waals surface area contributed by atoms with Gasteiger partial charge in [-0.2, -0.15) is 0 Å². The van der Waals surface area contributed by atoms with Crippen LogP contribution >= 0.6 is 11.6 Å². The van der Waals surface area contributed by atoms with Crippen LogP contribution in [0, 0.1) is 11.8 Å². The number of nitrogens with zero attached hydrogens (tertiary/aromatic N) is 1. The van der Waals surface area contributed by atoms with Crippen molar-refractivity contribution in [3.05, 3.63) is 29.3 Å². The molecule has 1 saturated heterocycles. The fourth-order valence-corrected chi connectivity index (χ4v) is 3.35. The molecule has 0 bridgehead atoms. The fourth-order valence-electron chi connectivity index (χ4n) is 3.23. The minimum atomic E-state index is -0.701. The summed E-state index contributed by atoms with van der Waals surface area (Å²) in [6, 6.07) is 6.84. The van der Waals surface area contributed by atoms with E-state index < -0.39 is 5.97 Å². The van der Waals surface area contributed by atoms with E-state index in [1.165, 1.54) is 0 Å². The number of carboxylic acid groups (broad SMARTS) is 1. The molecular formula is C18H25ClN2O3. The summed E-state index contributed by atoms with van der Waals surface area (Å²) in [5, 5.41) is 12.9. The van der Waals surface area contributed by atoms with Gasteiger partial charge in [-0.3, -0.25) is 4.79 Å². The summed E-state index contributed by atoms with van der Waals surface area (Å²) in [6.07, 6.45) is 4.16. The molecule has 0 radical (unpaired) electrons. The van der Waals surface area contributed by atoms with E-state index in [-0.39, 0.29) is 17.9 Å². The molecule has 2 N–H and O–H groups in total. The molecule has 132 valence electrons. The topological polar surface area (TPSA) is 69.6 Å². The third-order valence-corrected chi connectivity index (χ3v) is 4.93. The van der Waals surface area contributed by atoms with Crippen LogP contribution in [0.5, 0.6) is 0 Å². The van der Waals surface area contributed by atoms with Crippen molar-refractivity contribution in [3.63, 3.8) is 0 Å². The molecule has 24 heavy (non-hydrogen) atoms. The van der Waals surface area contributed by atoms with Crippen LogP contribution in [-0.2, 0) is 4.79 Å². The van der Waals surface area contributed by atoms with Gasteiger partial charge < -0.3 is 15.3 Å². The molecule has 0 aliphatic carbocycles. The molecule has 1 atom stereocenters. The number of rotatable bonds is 6. The Bertz CT molecular complexity index is 554. The normalized spacial score (nSPS) is 16.7. The molecule has 1 aromatic carbocycles. The van der Waals surface area contributed by atoms with Crippen molar-refractivity contribution in [2.45, 2.75) is 39.0 Å². The monoisotopic (exact) mass is 352 g/mol. The standard InChI is InChI=1S/C18H25ClN2O3/c1-2-3-4-16(17(22)23)13-9-11-21(12-10-13)18(24)20-15-7-5-14(19)6-8-15/h5-8,13,16H,2-4,9-12H2,1H3,(H,20,24)(H,22,23). The van der Waals surface area contributed by atoms with Crippen LogP contribution in [0.4, 0.5) is 10.5 Å². The van der Waals surface area contributed by atoms with Crippen molar-refractivity contribution >= 4 is 29.3 Å². The van der Waals surface area contributed by atoms with E-state index in [1.807, 2.05) is 0 Å². The van der Waals surface area contributed by atoms with Crippen molar-refractivity contribution in [3.8, 4) is 0 Å². The number of aliphatic carboxylic acids is 1. The molecule has 6 heteroatoms. The predicted molar refractivity (Wildman–Crippen MR) is 95.4 cm³/mol. The third-order valence-electron chi connectivity index (χ3n) is 4.68. The molecule has 2 amide bonds. The molecule has 2 rings (SSSR count). The lowest BCUT2D eigenvalue weighted by molar-refractivity contribution is -0.144. The second-order valence-electron chi connectivity index (χ2n) is 6.35. The van der Waals surface area contributed by atoms with Crippen LogP contribution in [0.3, 0.4) is 0 Å². The number of carboxylic acids is 1. The summed E-state index contributed by atoms with van der Waals surface area (Å²) in [5.74, 6) is -0.826. The van der Waals surface area contributed by atoms with Gasteiger partial charge in [0.05, 0.1) is 5.92 Å². The van der Waals surface area contributed by atoms with Gasteiger partial charge in [0.1, 0.15) is 0 Å². The van der Waals surface area contributed by atoms with Gasteiger partial charge in [0, 0.05) is 23.8 Å². The first-order chi connectivity index (χ1) is 11.5. The maximum Gasteiger partial charge on any atom is 0.321 e. The van der Waals surface area contributed by atoms with Gasteiger partial charge >= 0.3 is 12.0 Å². The number of likely N-dealkylation sites (tertiary alicyclic amines) is 1. The number of piperidine rings is 1. The summed E-state index contributed by atoms with van der Waals surface area (Å²) in [4.78, 5) is 25.5. The number of carbonyl (C=O) groups excluding carboxylic acids is 1. The fraction of sp³-hybridized carbons (Fsp3) is 0.556. The highest BCUT2D eigenvalue weighted by Gasteiger charge is 2.32. The van der Waals surface area contributed by atoms with Gasteiger partial charge in [-0.15, -0.1) is 0 Å². The lowest BCUT2D eigenvalue weighted by Crippen LogP contribution is -2.43. The number of anilines is 1. The maximum atomic E-state index is 12.3. The highest BCUT2D eigenvalue weighted by molar-refractivity contribution is 6.30. The number of benzene rings is 1. The van der Waals surface area contributed by atoms with E-state index in [2.05, 4.69) is 12.2 Å². The highest BCUT2D eigenvalue weighted by Crippen LogP contribution is 2.29. The minimum Gasteiger partial charge on any atom is -0.481 e. The molecular weight excluding hydrogens is 328 g/mol. The molecule has 0 saturated carbocycles. The van der Waals surface area contributed by atoms with Crippen molar-refractivity contribution < 1.29 is 14.7 Å². The second-order valence-corrected chi connectivity index (χ2v) is 6.78. The SMILES string of the molecule is CCCCC(C(=O)O)C1CCN(C(=O)Nc2ccc(Cl)cc2)CC1. The highest BCUT2D eigenvalue weighted by atomic mass is 35.5. The van der Waals surface area contributed by atoms with Gasteiger partial charge in [-0.05, 0) is 49.4 Å². The Morgan fingerprint density at radius 1 is 1.29 bits per heavy atom.